The van der Waals surface area contributed by atoms with Crippen molar-refractivity contribution in [1.82, 2.24) is 10.2 Å². The van der Waals surface area contributed by atoms with E-state index in [4.69, 9.17) is 9.47 Å². The summed E-state index contributed by atoms with van der Waals surface area (Å²) in [5, 5.41) is 2.77. The van der Waals surface area contributed by atoms with E-state index in [0.29, 0.717) is 18.0 Å². The number of nitrogens with zero attached hydrogens (tertiary/aromatic N) is 2. The zero-order valence-electron chi connectivity index (χ0n) is 24.7. The molecule has 0 bridgehead atoms. The van der Waals surface area contributed by atoms with Gasteiger partial charge in [-0.2, -0.15) is 0 Å². The number of rotatable bonds is 12. The number of carbonyl (C=O) groups is 2. The fraction of sp³-hybridized carbons (Fsp3) is 0.355. The van der Waals surface area contributed by atoms with Crippen molar-refractivity contribution in [2.75, 3.05) is 31.6 Å². The fourth-order valence-corrected chi connectivity index (χ4v) is 6.05. The fourth-order valence-electron chi connectivity index (χ4n) is 4.64. The first-order valence-corrected chi connectivity index (χ1v) is 14.8. The summed E-state index contributed by atoms with van der Waals surface area (Å²) >= 11 is 0. The summed E-state index contributed by atoms with van der Waals surface area (Å²) < 4.78 is 40.0. The minimum Gasteiger partial charge on any atom is -0.493 e. The van der Waals surface area contributed by atoms with Crippen LogP contribution in [0, 0.1) is 20.8 Å². The third-order valence-corrected chi connectivity index (χ3v) is 8.44. The molecule has 2 amide bonds. The standard InChI is InChI=1S/C31H39N3O6S/c1-8-32-31(36)24(5)33(19-25-11-9-10-21(2)15-25)30(35)20-34(26-16-22(3)14-23(4)17-26)41(37,38)27-12-13-28(39-6)29(18-27)40-7/h9-18,24H,8,19-20H2,1-7H3,(H,32,36)/t24-/m0/s1. The number of hydrogen-bond acceptors (Lipinski definition) is 6. The molecular formula is C31H39N3O6S. The largest absolute Gasteiger partial charge is 0.493 e. The predicted molar refractivity (Wildman–Crippen MR) is 160 cm³/mol. The van der Waals surface area contributed by atoms with E-state index in [9.17, 15) is 18.0 Å². The van der Waals surface area contributed by atoms with Crippen molar-refractivity contribution in [3.05, 3.63) is 82.9 Å². The van der Waals surface area contributed by atoms with Crippen LogP contribution in [0.2, 0.25) is 0 Å². The second-order valence-corrected chi connectivity index (χ2v) is 11.8. The van der Waals surface area contributed by atoms with Gasteiger partial charge in [0.1, 0.15) is 12.6 Å². The summed E-state index contributed by atoms with van der Waals surface area (Å²) in [5.74, 6) is -0.227. The second-order valence-electron chi connectivity index (χ2n) is 9.96. The molecule has 3 rings (SSSR count). The Morgan fingerprint density at radius 1 is 0.878 bits per heavy atom. The summed E-state index contributed by atoms with van der Waals surface area (Å²) in [5.41, 5.74) is 3.86. The highest BCUT2D eigenvalue weighted by molar-refractivity contribution is 7.92. The number of aryl methyl sites for hydroxylation is 3. The molecule has 0 radical (unpaired) electrons. The molecule has 1 atom stereocenters. The Morgan fingerprint density at radius 2 is 1.54 bits per heavy atom. The minimum atomic E-state index is -4.26. The van der Waals surface area contributed by atoms with Crippen LogP contribution in [0.25, 0.3) is 0 Å². The molecule has 220 valence electrons. The van der Waals surface area contributed by atoms with Crippen molar-refractivity contribution in [3.63, 3.8) is 0 Å². The lowest BCUT2D eigenvalue weighted by molar-refractivity contribution is -0.139. The van der Waals surface area contributed by atoms with E-state index in [1.165, 1.54) is 37.3 Å². The smallest absolute Gasteiger partial charge is 0.264 e. The van der Waals surface area contributed by atoms with Gasteiger partial charge in [0.05, 0.1) is 24.8 Å². The highest BCUT2D eigenvalue weighted by atomic mass is 32.2. The number of anilines is 1. The van der Waals surface area contributed by atoms with Crippen LogP contribution in [0.1, 0.15) is 36.1 Å². The Labute approximate surface area is 243 Å². The quantitative estimate of drug-likeness (QED) is 0.341. The van der Waals surface area contributed by atoms with E-state index in [1.54, 1.807) is 26.0 Å². The van der Waals surface area contributed by atoms with Gasteiger partial charge in [-0.3, -0.25) is 13.9 Å². The topological polar surface area (TPSA) is 105 Å². The van der Waals surface area contributed by atoms with Crippen LogP contribution in [0.15, 0.2) is 65.6 Å². The Morgan fingerprint density at radius 3 is 2.12 bits per heavy atom. The molecule has 10 heteroatoms. The van der Waals surface area contributed by atoms with Crippen LogP contribution in [0.4, 0.5) is 5.69 Å². The second kappa shape index (κ2) is 13.5. The maximum absolute atomic E-state index is 14.2. The summed E-state index contributed by atoms with van der Waals surface area (Å²) in [4.78, 5) is 28.3. The van der Waals surface area contributed by atoms with Crippen molar-refractivity contribution >= 4 is 27.5 Å². The van der Waals surface area contributed by atoms with Gasteiger partial charge in [0, 0.05) is 19.2 Å². The zero-order valence-corrected chi connectivity index (χ0v) is 25.5. The number of sulfonamides is 1. The first kappa shape index (κ1) is 31.5. The van der Waals surface area contributed by atoms with Crippen LogP contribution in [0.5, 0.6) is 11.5 Å². The monoisotopic (exact) mass is 581 g/mol. The lowest BCUT2D eigenvalue weighted by Crippen LogP contribution is -2.51. The van der Waals surface area contributed by atoms with Gasteiger partial charge < -0.3 is 19.7 Å². The molecule has 0 aromatic heterocycles. The maximum atomic E-state index is 14.2. The van der Waals surface area contributed by atoms with Gasteiger partial charge in [-0.05, 0) is 75.6 Å². The van der Waals surface area contributed by atoms with E-state index in [0.717, 1.165) is 26.6 Å². The van der Waals surface area contributed by atoms with E-state index in [-0.39, 0.29) is 23.1 Å². The molecule has 9 nitrogen and oxygen atoms in total. The third-order valence-electron chi connectivity index (χ3n) is 6.67. The summed E-state index contributed by atoms with van der Waals surface area (Å²) in [6, 6.07) is 16.5. The van der Waals surface area contributed by atoms with Crippen LogP contribution >= 0.6 is 0 Å². The number of nitrogens with one attached hydrogen (secondary N) is 1. The average Bonchev–Trinajstić information content (AvgIpc) is 2.93. The molecule has 3 aromatic rings. The molecule has 41 heavy (non-hydrogen) atoms. The first-order valence-electron chi connectivity index (χ1n) is 13.4. The molecule has 0 aliphatic rings. The number of ether oxygens (including phenoxy) is 2. The lowest BCUT2D eigenvalue weighted by atomic mass is 10.1. The number of likely N-dealkylation sites (N-methyl/N-ethyl adjacent to an activating group) is 1. The van der Waals surface area contributed by atoms with E-state index >= 15 is 0 Å². The molecule has 0 spiro atoms. The van der Waals surface area contributed by atoms with Crippen LogP contribution in [0.3, 0.4) is 0 Å². The van der Waals surface area contributed by atoms with Crippen LogP contribution in [-0.4, -0.2) is 58.5 Å². The van der Waals surface area contributed by atoms with Crippen molar-refractivity contribution in [2.45, 2.75) is 52.1 Å². The summed E-state index contributed by atoms with van der Waals surface area (Å²) in [7, 11) is -1.37. The Bertz CT molecular complexity index is 1490. The first-order chi connectivity index (χ1) is 19.4. The highest BCUT2D eigenvalue weighted by Crippen LogP contribution is 2.33. The van der Waals surface area contributed by atoms with Gasteiger partial charge >= 0.3 is 0 Å². The molecule has 3 aromatic carbocycles. The number of benzene rings is 3. The molecule has 1 N–H and O–H groups in total. The van der Waals surface area contributed by atoms with Crippen molar-refractivity contribution < 1.29 is 27.5 Å². The molecule has 0 aliphatic heterocycles. The van der Waals surface area contributed by atoms with Crippen LogP contribution < -0.4 is 19.1 Å². The SMILES string of the molecule is CCNC(=O)[C@H](C)N(Cc1cccc(C)c1)C(=O)CN(c1cc(C)cc(C)c1)S(=O)(=O)c1ccc(OC)c(OC)c1. The molecule has 0 aliphatic carbocycles. The molecule has 0 fully saturated rings. The number of amides is 2. The molecule has 0 heterocycles. The van der Waals surface area contributed by atoms with Crippen LogP contribution in [-0.2, 0) is 26.2 Å². The molecule has 0 unspecified atom stereocenters. The van der Waals surface area contributed by atoms with Gasteiger partial charge in [-0.15, -0.1) is 0 Å². The van der Waals surface area contributed by atoms with Gasteiger partial charge in [0.25, 0.3) is 10.0 Å². The van der Waals surface area contributed by atoms with E-state index < -0.39 is 28.5 Å². The third kappa shape index (κ3) is 7.58. The molecule has 0 saturated carbocycles. The van der Waals surface area contributed by atoms with Crippen molar-refractivity contribution in [2.24, 2.45) is 0 Å². The number of hydrogen-bond donors (Lipinski definition) is 1. The maximum Gasteiger partial charge on any atom is 0.264 e. The lowest BCUT2D eigenvalue weighted by Gasteiger charge is -2.32. The average molecular weight is 582 g/mol. The predicted octanol–water partition coefficient (Wildman–Crippen LogP) is 4.38. The number of methoxy groups -OCH3 is 2. The molecular weight excluding hydrogens is 542 g/mol. The van der Waals surface area contributed by atoms with Crippen molar-refractivity contribution in [3.8, 4) is 11.5 Å². The normalized spacial score (nSPS) is 11.9. The van der Waals surface area contributed by atoms with E-state index in [1.807, 2.05) is 51.1 Å². The summed E-state index contributed by atoms with van der Waals surface area (Å²) in [6.45, 7) is 9.13. The number of carbonyl (C=O) groups excluding carboxylic acids is 2. The zero-order chi connectivity index (χ0) is 30.3. The van der Waals surface area contributed by atoms with E-state index in [2.05, 4.69) is 5.32 Å². The van der Waals surface area contributed by atoms with Gasteiger partial charge in [-0.25, -0.2) is 8.42 Å². The molecule has 0 saturated heterocycles. The highest BCUT2D eigenvalue weighted by Gasteiger charge is 2.33. The van der Waals surface area contributed by atoms with Crippen molar-refractivity contribution in [1.29, 1.82) is 0 Å². The summed E-state index contributed by atoms with van der Waals surface area (Å²) in [6.07, 6.45) is 0. The van der Waals surface area contributed by atoms with Gasteiger partial charge in [-0.1, -0.05) is 35.9 Å². The Kier molecular flexibility index (Phi) is 10.4. The van der Waals surface area contributed by atoms with Gasteiger partial charge in [0.15, 0.2) is 11.5 Å². The Balaban J connectivity index is 2.11. The van der Waals surface area contributed by atoms with Gasteiger partial charge in [0.2, 0.25) is 11.8 Å². The Hall–Kier alpha value is -4.05. The minimum absolute atomic E-state index is 0.0656.